The van der Waals surface area contributed by atoms with Crippen molar-refractivity contribution >= 4 is 38.5 Å². The van der Waals surface area contributed by atoms with E-state index in [1.165, 1.54) is 12.1 Å². The predicted octanol–water partition coefficient (Wildman–Crippen LogP) is 3.70. The van der Waals surface area contributed by atoms with Crippen LogP contribution in [0.25, 0.3) is 11.1 Å². The van der Waals surface area contributed by atoms with Gasteiger partial charge in [-0.05, 0) is 37.3 Å². The van der Waals surface area contributed by atoms with Crippen LogP contribution in [0.4, 0.5) is 13.2 Å². The molecule has 2 atom stereocenters. The van der Waals surface area contributed by atoms with E-state index < -0.39 is 52.1 Å². The number of ketones is 1. The number of aliphatic imine (C=N–C) groups is 1. The molecule has 1 amide bonds. The van der Waals surface area contributed by atoms with Gasteiger partial charge in [0.15, 0.2) is 15.4 Å². The molecule has 1 aliphatic rings. The molecule has 4 rings (SSSR count). The van der Waals surface area contributed by atoms with Gasteiger partial charge in [-0.25, -0.2) is 13.4 Å². The molecule has 0 unspecified atom stereocenters. The number of benzene rings is 2. The van der Waals surface area contributed by atoms with Crippen LogP contribution >= 0.6 is 0 Å². The third-order valence-corrected chi connectivity index (χ3v) is 8.06. The lowest BCUT2D eigenvalue weighted by Crippen LogP contribution is -2.54. The number of amides is 1. The van der Waals surface area contributed by atoms with Gasteiger partial charge in [0.25, 0.3) is 5.89 Å². The molecule has 2 aromatic carbocycles. The van der Waals surface area contributed by atoms with Crippen LogP contribution in [-0.2, 0) is 14.6 Å². The minimum absolute atomic E-state index is 0.00895. The van der Waals surface area contributed by atoms with Crippen molar-refractivity contribution in [3.05, 3.63) is 66.1 Å². The van der Waals surface area contributed by atoms with Crippen LogP contribution in [0.15, 0.2) is 64.0 Å². The number of nitrogens with one attached hydrogen (secondary N) is 2. The maximum Gasteiger partial charge on any atom is 0.408 e. The Balaban J connectivity index is 1.60. The van der Waals surface area contributed by atoms with E-state index in [9.17, 15) is 31.2 Å². The quantitative estimate of drug-likeness (QED) is 0.190. The molecule has 2 N–H and O–H groups in total. The number of para-hydroxylation sites is 2. The molecule has 1 saturated carbocycles. The zero-order chi connectivity index (χ0) is 28.9. The molecular formula is C27H29F3N4O5S. The Morgan fingerprint density at radius 3 is 2.35 bits per heavy atom. The van der Waals surface area contributed by atoms with E-state index in [0.29, 0.717) is 11.1 Å². The van der Waals surface area contributed by atoms with Crippen molar-refractivity contribution in [1.82, 2.24) is 15.6 Å². The summed E-state index contributed by atoms with van der Waals surface area (Å²) < 4.78 is 70.4. The van der Waals surface area contributed by atoms with E-state index >= 15 is 0 Å². The smallest absolute Gasteiger partial charge is 0.408 e. The maximum absolute atomic E-state index is 13.4. The van der Waals surface area contributed by atoms with E-state index in [1.54, 1.807) is 49.4 Å². The molecule has 0 aliphatic heterocycles. The van der Waals surface area contributed by atoms with Crippen molar-refractivity contribution in [1.29, 1.82) is 0 Å². The van der Waals surface area contributed by atoms with Crippen molar-refractivity contribution in [3.63, 3.8) is 0 Å². The summed E-state index contributed by atoms with van der Waals surface area (Å²) >= 11 is 0. The highest BCUT2D eigenvalue weighted by Crippen LogP contribution is 2.30. The number of hydrogen-bond acceptors (Lipinski definition) is 7. The third-order valence-electron chi connectivity index (χ3n) is 6.24. The summed E-state index contributed by atoms with van der Waals surface area (Å²) in [6.45, 7) is 0.0964. The molecule has 1 aliphatic carbocycles. The molecular weight excluding hydrogens is 549 g/mol. The van der Waals surface area contributed by atoms with Crippen LogP contribution in [0.3, 0.4) is 0 Å². The first-order valence-electron chi connectivity index (χ1n) is 12.8. The Morgan fingerprint density at radius 1 is 1.05 bits per heavy atom. The Bertz CT molecular complexity index is 1450. The van der Waals surface area contributed by atoms with E-state index in [0.717, 1.165) is 12.8 Å². The fraction of sp³-hybridized carbons (Fsp3) is 0.407. The zero-order valence-electron chi connectivity index (χ0n) is 21.6. The summed E-state index contributed by atoms with van der Waals surface area (Å²) in [5.41, 5.74) is 1.07. The van der Waals surface area contributed by atoms with Crippen LogP contribution in [-0.4, -0.2) is 67.2 Å². The summed E-state index contributed by atoms with van der Waals surface area (Å²) in [6.07, 6.45) is -3.00. The van der Waals surface area contributed by atoms with E-state index in [4.69, 9.17) is 4.42 Å². The molecule has 0 spiro atoms. The minimum atomic E-state index is -4.63. The van der Waals surface area contributed by atoms with Gasteiger partial charge in [0.1, 0.15) is 23.9 Å². The highest BCUT2D eigenvalue weighted by Gasteiger charge is 2.35. The second kappa shape index (κ2) is 12.2. The molecule has 214 valence electrons. The number of sulfone groups is 1. The fourth-order valence-corrected chi connectivity index (χ4v) is 5.98. The van der Waals surface area contributed by atoms with E-state index in [-0.39, 0.29) is 35.4 Å². The third kappa shape index (κ3) is 8.13. The summed E-state index contributed by atoms with van der Waals surface area (Å²) in [4.78, 5) is 34.4. The number of aromatic nitrogens is 1. The van der Waals surface area contributed by atoms with Crippen LogP contribution < -0.4 is 10.6 Å². The number of oxazole rings is 1. The van der Waals surface area contributed by atoms with Gasteiger partial charge in [-0.1, -0.05) is 49.4 Å². The monoisotopic (exact) mass is 578 g/mol. The van der Waals surface area contributed by atoms with Gasteiger partial charge >= 0.3 is 6.18 Å². The molecule has 1 aromatic heterocycles. The largest absolute Gasteiger partial charge is 0.434 e. The maximum atomic E-state index is 13.4. The van der Waals surface area contributed by atoms with Gasteiger partial charge in [-0.2, -0.15) is 13.2 Å². The number of Topliss-reactive ketones (excluding diaryl/α,β-unsaturated/α-hetero) is 1. The highest BCUT2D eigenvalue weighted by molar-refractivity contribution is 7.91. The van der Waals surface area contributed by atoms with Gasteiger partial charge in [0.05, 0.1) is 17.5 Å². The first-order valence-corrected chi connectivity index (χ1v) is 14.6. The molecule has 0 radical (unpaired) electrons. The van der Waals surface area contributed by atoms with Crippen LogP contribution in [0.2, 0.25) is 0 Å². The average Bonchev–Trinajstić information content (AvgIpc) is 3.60. The van der Waals surface area contributed by atoms with Crippen molar-refractivity contribution in [3.8, 4) is 0 Å². The Hall–Kier alpha value is -3.74. The number of fused-ring (bicyclic) bond motifs is 1. The number of halogens is 3. The summed E-state index contributed by atoms with van der Waals surface area (Å²) in [5.74, 6) is -2.87. The van der Waals surface area contributed by atoms with E-state index in [2.05, 4.69) is 20.6 Å². The van der Waals surface area contributed by atoms with Crippen molar-refractivity contribution < 1.29 is 35.6 Å². The number of alkyl halides is 3. The van der Waals surface area contributed by atoms with Gasteiger partial charge in [0.2, 0.25) is 11.7 Å². The highest BCUT2D eigenvalue weighted by atomic mass is 32.2. The normalized spacial score (nSPS) is 15.9. The molecule has 0 saturated heterocycles. The lowest BCUT2D eigenvalue weighted by Gasteiger charge is -2.23. The van der Waals surface area contributed by atoms with Crippen molar-refractivity contribution in [2.75, 3.05) is 18.1 Å². The Labute approximate surface area is 229 Å². The van der Waals surface area contributed by atoms with Gasteiger partial charge in [-0.3, -0.25) is 14.6 Å². The molecule has 9 nitrogen and oxygen atoms in total. The molecule has 40 heavy (non-hydrogen) atoms. The zero-order valence-corrected chi connectivity index (χ0v) is 22.5. The molecule has 0 bridgehead atoms. The lowest BCUT2D eigenvalue weighted by molar-refractivity contribution is -0.122. The summed E-state index contributed by atoms with van der Waals surface area (Å²) in [6, 6.07) is 11.9. The van der Waals surface area contributed by atoms with Crippen molar-refractivity contribution in [2.24, 2.45) is 10.9 Å². The summed E-state index contributed by atoms with van der Waals surface area (Å²) in [5, 5.41) is 5.17. The Kier molecular flexibility index (Phi) is 8.92. The van der Waals surface area contributed by atoms with Gasteiger partial charge < -0.3 is 15.1 Å². The standard InChI is InChI=1S/C27H29F3N4O5S/c1-2-19(23(35)26-34-20-10-6-7-11-22(20)39-26)33-25(36)21(15-40(37,38)14-17-12-13-17)32-24(31-16-27(28,29)30)18-8-4-3-5-9-18/h3-11,17,19,21H,2,12-16H2,1H3,(H,31,32)(H,33,36)/t19-,21-/m0/s1. The second-order valence-electron chi connectivity index (χ2n) is 9.68. The first-order chi connectivity index (χ1) is 18.9. The van der Waals surface area contributed by atoms with Gasteiger partial charge in [-0.15, -0.1) is 0 Å². The second-order valence-corrected chi connectivity index (χ2v) is 11.8. The number of hydrogen-bond donors (Lipinski definition) is 2. The van der Waals surface area contributed by atoms with Crippen molar-refractivity contribution in [2.45, 2.75) is 44.4 Å². The Morgan fingerprint density at radius 2 is 1.73 bits per heavy atom. The number of amidine groups is 1. The van der Waals surface area contributed by atoms with E-state index in [1.807, 2.05) is 0 Å². The minimum Gasteiger partial charge on any atom is -0.434 e. The number of rotatable bonds is 12. The number of carbonyl (C=O) groups is 2. The predicted molar refractivity (Wildman–Crippen MR) is 143 cm³/mol. The summed E-state index contributed by atoms with van der Waals surface area (Å²) in [7, 11) is -3.78. The molecule has 1 fully saturated rings. The molecule has 1 heterocycles. The molecule has 3 aromatic rings. The topological polar surface area (TPSA) is 131 Å². The van der Waals surface area contributed by atoms with Crippen LogP contribution in [0.1, 0.15) is 42.4 Å². The fourth-order valence-electron chi connectivity index (χ4n) is 4.05. The SMILES string of the molecule is CC[C@H](NC(=O)[C@H](CS(=O)(=O)CC1CC1)N/C(=N/CC(F)(F)F)c1ccccc1)C(=O)c1nc2ccccc2o1. The van der Waals surface area contributed by atoms with Crippen LogP contribution in [0.5, 0.6) is 0 Å². The lowest BCUT2D eigenvalue weighted by atomic mass is 10.1. The average molecular weight is 579 g/mol. The first kappa shape index (κ1) is 29.2. The number of carbonyl (C=O) groups excluding carboxylic acids is 2. The van der Waals surface area contributed by atoms with Crippen LogP contribution in [0, 0.1) is 5.92 Å². The van der Waals surface area contributed by atoms with Gasteiger partial charge in [0, 0.05) is 5.56 Å². The number of nitrogens with zero attached hydrogens (tertiary/aromatic N) is 2. The molecule has 13 heteroatoms.